The first-order valence-electron chi connectivity index (χ1n) is 9.31. The highest BCUT2D eigenvalue weighted by molar-refractivity contribution is 9.10. The highest BCUT2D eigenvalue weighted by Crippen LogP contribution is 2.29. The van der Waals surface area contributed by atoms with Crippen molar-refractivity contribution in [1.82, 2.24) is 24.1 Å². The lowest BCUT2D eigenvalue weighted by atomic mass is 10.1. The summed E-state index contributed by atoms with van der Waals surface area (Å²) in [5.41, 5.74) is 2.11. The molecule has 0 N–H and O–H groups in total. The third-order valence-electron chi connectivity index (χ3n) is 5.16. The van der Waals surface area contributed by atoms with Crippen molar-refractivity contribution in [3.8, 4) is 0 Å². The van der Waals surface area contributed by atoms with Gasteiger partial charge in [-0.3, -0.25) is 18.7 Å². The lowest BCUT2D eigenvalue weighted by Crippen LogP contribution is -2.29. The summed E-state index contributed by atoms with van der Waals surface area (Å²) in [6, 6.07) is 10.5. The third kappa shape index (κ3) is 3.19. The van der Waals surface area contributed by atoms with Gasteiger partial charge in [0.05, 0.1) is 12.1 Å². The van der Waals surface area contributed by atoms with Crippen molar-refractivity contribution in [2.45, 2.75) is 32.9 Å². The van der Waals surface area contributed by atoms with Crippen LogP contribution in [-0.2, 0) is 13.6 Å². The van der Waals surface area contributed by atoms with Crippen molar-refractivity contribution in [2.75, 3.05) is 6.54 Å². The van der Waals surface area contributed by atoms with Gasteiger partial charge in [-0.15, -0.1) is 21.5 Å². The molecule has 4 aromatic rings. The molecule has 0 aliphatic rings. The molecule has 6 nitrogen and oxygen atoms in total. The maximum absolute atomic E-state index is 12.5. The fraction of sp³-hybridized carbons (Fsp3) is 0.350. The summed E-state index contributed by atoms with van der Waals surface area (Å²) in [7, 11) is 1.75. The van der Waals surface area contributed by atoms with E-state index in [0.717, 1.165) is 33.5 Å². The minimum Gasteiger partial charge on any atom is -0.289 e. The van der Waals surface area contributed by atoms with Crippen LogP contribution in [0.4, 0.5) is 0 Å². The molecule has 3 heterocycles. The first kappa shape index (κ1) is 19.3. The van der Waals surface area contributed by atoms with Crippen LogP contribution in [0.2, 0.25) is 0 Å². The van der Waals surface area contributed by atoms with Crippen LogP contribution in [-0.4, -0.2) is 30.6 Å². The number of aromatic nitrogens is 4. The van der Waals surface area contributed by atoms with Crippen LogP contribution in [0, 0.1) is 0 Å². The Morgan fingerprint density at radius 3 is 2.79 bits per heavy atom. The molecule has 0 bridgehead atoms. The van der Waals surface area contributed by atoms with E-state index in [0.29, 0.717) is 12.3 Å². The van der Waals surface area contributed by atoms with Crippen LogP contribution in [0.25, 0.3) is 16.0 Å². The van der Waals surface area contributed by atoms with E-state index >= 15 is 0 Å². The quantitative estimate of drug-likeness (QED) is 0.429. The van der Waals surface area contributed by atoms with Crippen LogP contribution in [0.5, 0.6) is 0 Å². The maximum atomic E-state index is 12.5. The number of benzene rings is 1. The minimum atomic E-state index is -0.0246. The predicted molar refractivity (Wildman–Crippen MR) is 117 cm³/mol. The monoisotopic (exact) mass is 459 g/mol. The van der Waals surface area contributed by atoms with Crippen molar-refractivity contribution in [3.05, 3.63) is 61.9 Å². The van der Waals surface area contributed by atoms with Crippen LogP contribution in [0.3, 0.4) is 0 Å². The fourth-order valence-electron chi connectivity index (χ4n) is 3.64. The average molecular weight is 460 g/mol. The molecule has 1 atom stereocenters. The number of hydrogen-bond donors (Lipinski definition) is 0. The van der Waals surface area contributed by atoms with Crippen molar-refractivity contribution >= 4 is 43.3 Å². The van der Waals surface area contributed by atoms with Crippen molar-refractivity contribution in [1.29, 1.82) is 0 Å². The number of hydrogen-bond acceptors (Lipinski definition) is 5. The molecule has 0 amide bonds. The summed E-state index contributed by atoms with van der Waals surface area (Å²) in [4.78, 5) is 14.9. The maximum Gasteiger partial charge on any atom is 0.272 e. The van der Waals surface area contributed by atoms with Gasteiger partial charge >= 0.3 is 0 Å². The molecule has 4 rings (SSSR count). The molecule has 0 spiro atoms. The molecule has 8 heteroatoms. The van der Waals surface area contributed by atoms with Gasteiger partial charge in [-0.1, -0.05) is 41.1 Å². The van der Waals surface area contributed by atoms with E-state index in [4.69, 9.17) is 0 Å². The fourth-order valence-corrected chi connectivity index (χ4v) is 5.11. The first-order valence-corrected chi connectivity index (χ1v) is 11.0. The van der Waals surface area contributed by atoms with E-state index in [1.807, 2.05) is 21.9 Å². The summed E-state index contributed by atoms with van der Waals surface area (Å²) < 4.78 is 5.44. The number of halogens is 1. The summed E-state index contributed by atoms with van der Waals surface area (Å²) in [5.74, 6) is 1.43. The molecular weight excluding hydrogens is 438 g/mol. The smallest absolute Gasteiger partial charge is 0.272 e. The Labute approximate surface area is 175 Å². The van der Waals surface area contributed by atoms with Gasteiger partial charge in [-0.2, -0.15) is 0 Å². The molecule has 3 aromatic heterocycles. The van der Waals surface area contributed by atoms with Gasteiger partial charge in [-0.25, -0.2) is 0 Å². The zero-order chi connectivity index (χ0) is 19.8. The number of rotatable bonds is 6. The molecule has 0 radical (unpaired) electrons. The molecule has 146 valence electrons. The Bertz CT molecular complexity index is 1190. The lowest BCUT2D eigenvalue weighted by Gasteiger charge is -2.29. The molecule has 1 aromatic carbocycles. The zero-order valence-corrected chi connectivity index (χ0v) is 18.5. The Hall–Kier alpha value is -2.03. The van der Waals surface area contributed by atoms with E-state index in [2.05, 4.69) is 63.1 Å². The van der Waals surface area contributed by atoms with Gasteiger partial charge in [-0.05, 0) is 43.0 Å². The van der Waals surface area contributed by atoms with Crippen LogP contribution >= 0.6 is 27.3 Å². The molecule has 0 aliphatic carbocycles. The predicted octanol–water partition coefficient (Wildman–Crippen LogP) is 4.38. The van der Waals surface area contributed by atoms with Gasteiger partial charge in [0, 0.05) is 17.6 Å². The normalized spacial score (nSPS) is 13.0. The summed E-state index contributed by atoms with van der Waals surface area (Å²) in [5, 5.41) is 10.7. The summed E-state index contributed by atoms with van der Waals surface area (Å²) in [6.07, 6.45) is 1.04. The Morgan fingerprint density at radius 1 is 1.25 bits per heavy atom. The van der Waals surface area contributed by atoms with Crippen LogP contribution < -0.4 is 5.56 Å². The number of thiophene rings is 1. The first-order chi connectivity index (χ1) is 13.5. The van der Waals surface area contributed by atoms with Gasteiger partial charge in [0.2, 0.25) is 5.78 Å². The zero-order valence-electron chi connectivity index (χ0n) is 16.1. The van der Waals surface area contributed by atoms with E-state index < -0.39 is 0 Å². The van der Waals surface area contributed by atoms with Crippen molar-refractivity contribution in [3.63, 3.8) is 0 Å². The van der Waals surface area contributed by atoms with E-state index in [-0.39, 0.29) is 11.6 Å². The molecule has 1 unspecified atom stereocenters. The highest BCUT2D eigenvalue weighted by atomic mass is 79.9. The van der Waals surface area contributed by atoms with E-state index in [1.54, 1.807) is 11.6 Å². The van der Waals surface area contributed by atoms with Crippen LogP contribution in [0.15, 0.2) is 45.0 Å². The molecular formula is C20H22BrN5OS. The number of fused-ring (bicyclic) bond motifs is 3. The van der Waals surface area contributed by atoms with Crippen molar-refractivity contribution in [2.24, 2.45) is 7.05 Å². The number of nitrogens with zero attached hydrogens (tertiary/aromatic N) is 5. The molecule has 0 saturated carbocycles. The third-order valence-corrected chi connectivity index (χ3v) is 6.77. The minimum absolute atomic E-state index is 0.0246. The molecule has 0 saturated heterocycles. The number of aryl methyl sites for hydroxylation is 1. The van der Waals surface area contributed by atoms with E-state index in [9.17, 15) is 4.79 Å². The summed E-state index contributed by atoms with van der Waals surface area (Å²) >= 11 is 5.14. The summed E-state index contributed by atoms with van der Waals surface area (Å²) in [6.45, 7) is 5.99. The molecule has 28 heavy (non-hydrogen) atoms. The Kier molecular flexibility index (Phi) is 5.35. The second-order valence-corrected chi connectivity index (χ2v) is 8.69. The average Bonchev–Trinajstić information content (AvgIpc) is 3.32. The van der Waals surface area contributed by atoms with Gasteiger partial charge in [0.1, 0.15) is 4.70 Å². The highest BCUT2D eigenvalue weighted by Gasteiger charge is 2.22. The standard InChI is InChI=1S/C20H22BrN5OS/c1-4-10-25(13(2)14-7-5-6-8-15(14)21)12-17-22-23-20-24(3)19(27)18-16(26(17)20)9-11-28-18/h5-9,11,13H,4,10,12H2,1-3H3. The van der Waals surface area contributed by atoms with Gasteiger partial charge in [0.15, 0.2) is 5.82 Å². The molecule has 0 aliphatic heterocycles. The topological polar surface area (TPSA) is 55.4 Å². The van der Waals surface area contributed by atoms with Gasteiger partial charge < -0.3 is 0 Å². The lowest BCUT2D eigenvalue weighted by molar-refractivity contribution is 0.195. The Balaban J connectivity index is 1.79. The largest absolute Gasteiger partial charge is 0.289 e. The van der Waals surface area contributed by atoms with Crippen molar-refractivity contribution < 1.29 is 0 Å². The van der Waals surface area contributed by atoms with Crippen LogP contribution in [0.1, 0.15) is 37.7 Å². The van der Waals surface area contributed by atoms with E-state index in [1.165, 1.54) is 16.9 Å². The van der Waals surface area contributed by atoms with Gasteiger partial charge in [0.25, 0.3) is 5.56 Å². The second-order valence-electron chi connectivity index (χ2n) is 6.92. The SMILES string of the molecule is CCCN(Cc1nnc2n(C)c(=O)c3sccc3n12)C(C)c1ccccc1Br. The Morgan fingerprint density at radius 2 is 2.04 bits per heavy atom. The second kappa shape index (κ2) is 7.77. The molecule has 0 fully saturated rings.